The first-order valence-electron chi connectivity index (χ1n) is 10.3. The summed E-state index contributed by atoms with van der Waals surface area (Å²) in [7, 11) is 0. The van der Waals surface area contributed by atoms with Gasteiger partial charge in [-0.1, -0.05) is 11.6 Å². The van der Waals surface area contributed by atoms with Crippen LogP contribution < -0.4 is 21.8 Å². The summed E-state index contributed by atoms with van der Waals surface area (Å²) in [5.41, 5.74) is 8.96. The number of hydrogen-bond acceptors (Lipinski definition) is 6. The molecule has 2 aliphatic rings. The first-order chi connectivity index (χ1) is 16.1. The Morgan fingerprint density at radius 2 is 1.91 bits per heavy atom. The molecule has 0 bridgehead atoms. The molecule has 0 aliphatic carbocycles. The van der Waals surface area contributed by atoms with E-state index in [1.54, 1.807) is 4.90 Å². The lowest BCUT2D eigenvalue weighted by atomic mass is 10.1. The molecule has 2 saturated heterocycles. The monoisotopic (exact) mass is 494 g/mol. The summed E-state index contributed by atoms with van der Waals surface area (Å²) in [4.78, 5) is 26.2. The van der Waals surface area contributed by atoms with E-state index in [-0.39, 0.29) is 40.6 Å². The average Bonchev–Trinajstić information content (AvgIpc) is 3.36. The van der Waals surface area contributed by atoms with Gasteiger partial charge in [0.25, 0.3) is 0 Å². The molecule has 2 aromatic carbocycles. The van der Waals surface area contributed by atoms with Crippen LogP contribution in [0.4, 0.5) is 24.5 Å². The Morgan fingerprint density at radius 3 is 2.62 bits per heavy atom. The molecule has 2 fully saturated rings. The molecule has 3 atom stereocenters. The van der Waals surface area contributed by atoms with Crippen molar-refractivity contribution < 1.29 is 27.8 Å². The topological polar surface area (TPSA) is 124 Å². The molecule has 178 valence electrons. The van der Waals surface area contributed by atoms with Crippen molar-refractivity contribution in [2.75, 3.05) is 23.8 Å². The maximum atomic E-state index is 15.4. The number of aromatic nitrogens is 1. The van der Waals surface area contributed by atoms with Crippen molar-refractivity contribution in [1.29, 1.82) is 0 Å². The molecule has 34 heavy (non-hydrogen) atoms. The lowest BCUT2D eigenvalue weighted by Gasteiger charge is -2.27. The van der Waals surface area contributed by atoms with Gasteiger partial charge in [-0.3, -0.25) is 4.79 Å². The molecule has 8 nitrogen and oxygen atoms in total. The van der Waals surface area contributed by atoms with Crippen molar-refractivity contribution >= 4 is 39.8 Å². The predicted molar refractivity (Wildman–Crippen MR) is 119 cm³/mol. The molecule has 5 rings (SSSR count). The van der Waals surface area contributed by atoms with E-state index in [0.29, 0.717) is 19.1 Å². The van der Waals surface area contributed by atoms with Gasteiger partial charge in [-0.05, 0) is 18.6 Å². The number of nitrogens with zero attached hydrogens (tertiary/aromatic N) is 2. The van der Waals surface area contributed by atoms with Gasteiger partial charge >= 0.3 is 5.97 Å². The van der Waals surface area contributed by atoms with Crippen molar-refractivity contribution in [1.82, 2.24) is 4.57 Å². The van der Waals surface area contributed by atoms with E-state index in [1.165, 1.54) is 0 Å². The second-order valence-corrected chi connectivity index (χ2v) is 8.67. The minimum atomic E-state index is -1.62. The predicted octanol–water partition coefficient (Wildman–Crippen LogP) is 2.65. The summed E-state index contributed by atoms with van der Waals surface area (Å²) in [6, 6.07) is 1.64. The summed E-state index contributed by atoms with van der Waals surface area (Å²) >= 11 is 6.65. The molecule has 1 aromatic heterocycles. The highest BCUT2D eigenvalue weighted by molar-refractivity contribution is 6.38. The Kier molecular flexibility index (Phi) is 5.23. The van der Waals surface area contributed by atoms with Gasteiger partial charge in [0, 0.05) is 25.4 Å². The Hall–Kier alpha value is -3.28. The molecule has 5 N–H and O–H groups in total. The highest BCUT2D eigenvalue weighted by atomic mass is 35.5. The van der Waals surface area contributed by atoms with Crippen LogP contribution in [-0.4, -0.2) is 47.0 Å². The Balaban J connectivity index is 1.86. The Labute approximate surface area is 195 Å². The van der Waals surface area contributed by atoms with Gasteiger partial charge in [0.15, 0.2) is 0 Å². The normalized spacial score (nSPS) is 21.9. The van der Waals surface area contributed by atoms with E-state index in [4.69, 9.17) is 27.8 Å². The number of hydrogen-bond donors (Lipinski definition) is 3. The smallest absolute Gasteiger partial charge is 0.341 e. The van der Waals surface area contributed by atoms with Gasteiger partial charge in [0.2, 0.25) is 5.43 Å². The lowest BCUT2D eigenvalue weighted by molar-refractivity contribution is 0.0695. The number of halogens is 4. The number of carboxylic acids is 1. The van der Waals surface area contributed by atoms with E-state index in [0.717, 1.165) is 22.9 Å². The van der Waals surface area contributed by atoms with Crippen molar-refractivity contribution in [3.63, 3.8) is 0 Å². The van der Waals surface area contributed by atoms with Gasteiger partial charge in [-0.2, -0.15) is 0 Å². The zero-order chi connectivity index (χ0) is 24.5. The van der Waals surface area contributed by atoms with Crippen molar-refractivity contribution in [2.24, 2.45) is 5.73 Å². The van der Waals surface area contributed by atoms with Crippen LogP contribution in [0, 0.1) is 17.5 Å². The van der Waals surface area contributed by atoms with Crippen LogP contribution >= 0.6 is 11.6 Å². The molecular formula is C22H18ClF3N4O4. The van der Waals surface area contributed by atoms with Crippen LogP contribution in [0.25, 0.3) is 16.6 Å². The van der Waals surface area contributed by atoms with Crippen molar-refractivity contribution in [3.8, 4) is 5.69 Å². The van der Waals surface area contributed by atoms with Crippen LogP contribution in [0.15, 0.2) is 29.2 Å². The molecule has 0 amide bonds. The molecule has 2 aliphatic heterocycles. The number of fused-ring (bicyclic) bond motifs is 2. The van der Waals surface area contributed by atoms with E-state index >= 15 is 4.39 Å². The molecule has 3 unspecified atom stereocenters. The molecule has 3 heterocycles. The standard InChI is InChI=1S/C22H18ClF3N4O4/c23-17-18-8(3-12(26)19(17)30-7-14(28)21-15(30)1-2-34-21)20(31)9(22(32)33)6-29(18)16-5-13(27)10(24)4-11(16)25/h3-6,14-15,21H,1-2,7,27-28H2,(H,32,33). The molecular weight excluding hydrogens is 477 g/mol. The van der Waals surface area contributed by atoms with Crippen LogP contribution in [-0.2, 0) is 4.74 Å². The lowest BCUT2D eigenvalue weighted by Crippen LogP contribution is -2.35. The highest BCUT2D eigenvalue weighted by Crippen LogP contribution is 2.42. The van der Waals surface area contributed by atoms with Gasteiger partial charge < -0.3 is 30.8 Å². The fourth-order valence-electron chi connectivity index (χ4n) is 4.81. The van der Waals surface area contributed by atoms with E-state index in [1.807, 2.05) is 0 Å². The van der Waals surface area contributed by atoms with Gasteiger partial charge in [-0.25, -0.2) is 18.0 Å². The number of nitrogen functional groups attached to an aromatic ring is 1. The Morgan fingerprint density at radius 1 is 1.18 bits per heavy atom. The van der Waals surface area contributed by atoms with Gasteiger partial charge in [0.1, 0.15) is 23.0 Å². The second-order valence-electron chi connectivity index (χ2n) is 8.30. The number of carbonyl (C=O) groups is 1. The fourth-order valence-corrected chi connectivity index (χ4v) is 5.21. The largest absolute Gasteiger partial charge is 0.477 e. The summed E-state index contributed by atoms with van der Waals surface area (Å²) < 4.78 is 50.6. The quantitative estimate of drug-likeness (QED) is 0.478. The number of aromatic carboxylic acids is 1. The van der Waals surface area contributed by atoms with Crippen LogP contribution in [0.5, 0.6) is 0 Å². The summed E-state index contributed by atoms with van der Waals surface area (Å²) in [6.07, 6.45) is 1.09. The number of rotatable bonds is 3. The summed E-state index contributed by atoms with van der Waals surface area (Å²) in [6.45, 7) is 0.645. The third-order valence-electron chi connectivity index (χ3n) is 6.33. The molecule has 3 aromatic rings. The number of ether oxygens (including phenoxy) is 1. The first-order valence-corrected chi connectivity index (χ1v) is 10.7. The third-order valence-corrected chi connectivity index (χ3v) is 6.69. The van der Waals surface area contributed by atoms with Gasteiger partial charge in [-0.15, -0.1) is 0 Å². The minimum absolute atomic E-state index is 0.0747. The SMILES string of the molecule is Nc1cc(-n2cc(C(=O)O)c(=O)c3cc(F)c(N4CC(N)C5OCCC54)c(Cl)c32)c(F)cc1F. The third kappa shape index (κ3) is 3.23. The zero-order valence-electron chi connectivity index (χ0n) is 17.4. The van der Waals surface area contributed by atoms with E-state index < -0.39 is 51.5 Å². The fraction of sp³-hybridized carbons (Fsp3) is 0.273. The number of anilines is 2. The summed E-state index contributed by atoms with van der Waals surface area (Å²) in [5.74, 6) is -4.61. The van der Waals surface area contributed by atoms with Crippen LogP contribution in [0.3, 0.4) is 0 Å². The number of benzene rings is 2. The Bertz CT molecular complexity index is 1430. The minimum Gasteiger partial charge on any atom is -0.477 e. The van der Waals surface area contributed by atoms with Crippen LogP contribution in [0.2, 0.25) is 5.02 Å². The molecule has 12 heteroatoms. The maximum Gasteiger partial charge on any atom is 0.341 e. The number of carboxylic acid groups (broad SMARTS) is 1. The molecule has 0 spiro atoms. The number of pyridine rings is 1. The van der Waals surface area contributed by atoms with E-state index in [2.05, 4.69) is 0 Å². The van der Waals surface area contributed by atoms with Crippen LogP contribution in [0.1, 0.15) is 16.8 Å². The summed E-state index contributed by atoms with van der Waals surface area (Å²) in [5, 5.41) is 8.86. The second kappa shape index (κ2) is 7.90. The highest BCUT2D eigenvalue weighted by Gasteiger charge is 2.45. The molecule has 0 radical (unpaired) electrons. The van der Waals surface area contributed by atoms with Crippen molar-refractivity contribution in [3.05, 3.63) is 62.7 Å². The zero-order valence-corrected chi connectivity index (χ0v) is 18.2. The number of nitrogens with two attached hydrogens (primary N) is 2. The average molecular weight is 495 g/mol. The first kappa shape index (κ1) is 22.5. The van der Waals surface area contributed by atoms with Crippen molar-refractivity contribution in [2.45, 2.75) is 24.6 Å². The molecule has 0 saturated carbocycles. The maximum absolute atomic E-state index is 15.4. The van der Waals surface area contributed by atoms with Gasteiger partial charge in [0.05, 0.1) is 51.2 Å². The van der Waals surface area contributed by atoms with E-state index in [9.17, 15) is 23.5 Å².